The quantitative estimate of drug-likeness (QED) is 0.576. The molecule has 5 nitrogen and oxygen atoms in total. The number of hydrogen-bond donors (Lipinski definition) is 0. The summed E-state index contributed by atoms with van der Waals surface area (Å²) in [7, 11) is -2.31. The topological polar surface area (TPSA) is 73.6 Å². The molecular weight excluding hydrogens is 400 g/mol. The summed E-state index contributed by atoms with van der Waals surface area (Å²) in [6, 6.07) is 16.9. The average molecular weight is 425 g/mol. The Kier molecular flexibility index (Phi) is 5.06. The summed E-state index contributed by atoms with van der Waals surface area (Å²) in [6.45, 7) is 4.03. The number of ether oxygens (including phenoxy) is 1. The van der Waals surface area contributed by atoms with Gasteiger partial charge in [0.15, 0.2) is 15.6 Å². The van der Waals surface area contributed by atoms with Crippen molar-refractivity contribution in [2.24, 2.45) is 5.41 Å². The maximum atomic E-state index is 13.7. The second kappa shape index (κ2) is 7.43. The molecule has 0 spiro atoms. The number of rotatable bonds is 5. The molecule has 0 unspecified atom stereocenters. The lowest BCUT2D eigenvalue weighted by Gasteiger charge is -2.26. The molecule has 156 valence electrons. The third-order valence-electron chi connectivity index (χ3n) is 5.47. The average Bonchev–Trinajstić information content (AvgIpc) is 3.11. The lowest BCUT2D eigenvalue weighted by molar-refractivity contribution is 0.0903. The Labute approximate surface area is 176 Å². The number of Topliss-reactive ketones (excluding diaryl/α,β-unsaturated/α-hetero) is 1. The second-order valence-corrected chi connectivity index (χ2v) is 10.5. The molecule has 0 bridgehead atoms. The van der Waals surface area contributed by atoms with Gasteiger partial charge in [-0.2, -0.15) is 0 Å². The third kappa shape index (κ3) is 3.67. The number of ketones is 1. The predicted molar refractivity (Wildman–Crippen MR) is 114 cm³/mol. The van der Waals surface area contributed by atoms with Gasteiger partial charge < -0.3 is 9.15 Å². The number of benzene rings is 2. The minimum Gasteiger partial charge on any atom is -0.497 e. The third-order valence-corrected chi connectivity index (χ3v) is 7.52. The number of furan rings is 1. The maximum absolute atomic E-state index is 13.7. The van der Waals surface area contributed by atoms with Crippen LogP contribution in [-0.4, -0.2) is 21.3 Å². The zero-order chi connectivity index (χ0) is 21.5. The number of carbonyl (C=O) groups excluding carboxylic acids is 1. The van der Waals surface area contributed by atoms with Crippen molar-refractivity contribution in [1.82, 2.24) is 0 Å². The van der Waals surface area contributed by atoms with Gasteiger partial charge in [-0.05, 0) is 41.3 Å². The molecular formula is C24H24O5S. The summed E-state index contributed by atoms with van der Waals surface area (Å²) in [5, 5.41) is -1.05. The Hall–Kier alpha value is -2.86. The lowest BCUT2D eigenvalue weighted by Crippen LogP contribution is -2.25. The smallest absolute Gasteiger partial charge is 0.192 e. The van der Waals surface area contributed by atoms with E-state index in [1.54, 1.807) is 42.5 Å². The van der Waals surface area contributed by atoms with E-state index in [-0.39, 0.29) is 21.9 Å². The van der Waals surface area contributed by atoms with Crippen molar-refractivity contribution < 1.29 is 22.4 Å². The van der Waals surface area contributed by atoms with Crippen molar-refractivity contribution in [1.29, 1.82) is 0 Å². The summed E-state index contributed by atoms with van der Waals surface area (Å²) < 4.78 is 38.5. The van der Waals surface area contributed by atoms with Crippen molar-refractivity contribution in [2.75, 3.05) is 7.11 Å². The van der Waals surface area contributed by atoms with Crippen LogP contribution in [-0.2, 0) is 16.3 Å². The van der Waals surface area contributed by atoms with Crippen LogP contribution >= 0.6 is 0 Å². The van der Waals surface area contributed by atoms with Gasteiger partial charge in [0, 0.05) is 12.8 Å². The summed E-state index contributed by atoms with van der Waals surface area (Å²) in [5.74, 6) is 1.40. The van der Waals surface area contributed by atoms with Crippen LogP contribution in [0.4, 0.5) is 0 Å². The summed E-state index contributed by atoms with van der Waals surface area (Å²) in [4.78, 5) is 12.8. The van der Waals surface area contributed by atoms with Gasteiger partial charge in [0.2, 0.25) is 0 Å². The van der Waals surface area contributed by atoms with Gasteiger partial charge >= 0.3 is 0 Å². The zero-order valence-electron chi connectivity index (χ0n) is 17.2. The Morgan fingerprint density at radius 1 is 1.00 bits per heavy atom. The summed E-state index contributed by atoms with van der Waals surface area (Å²) in [5.41, 5.74) is 0.873. The van der Waals surface area contributed by atoms with Crippen LogP contribution in [0.15, 0.2) is 70.0 Å². The first-order chi connectivity index (χ1) is 14.2. The van der Waals surface area contributed by atoms with E-state index >= 15 is 0 Å². The number of sulfone groups is 1. The lowest BCUT2D eigenvalue weighted by atomic mass is 9.77. The van der Waals surface area contributed by atoms with Crippen LogP contribution in [0.5, 0.6) is 5.75 Å². The molecule has 6 heteroatoms. The van der Waals surface area contributed by atoms with Crippen LogP contribution < -0.4 is 4.74 Å². The van der Waals surface area contributed by atoms with Gasteiger partial charge in [0.25, 0.3) is 0 Å². The van der Waals surface area contributed by atoms with Crippen molar-refractivity contribution >= 4 is 15.6 Å². The van der Waals surface area contributed by atoms with E-state index in [1.165, 1.54) is 19.2 Å². The Bertz CT molecular complexity index is 1170. The van der Waals surface area contributed by atoms with E-state index in [0.717, 1.165) is 0 Å². The first-order valence-corrected chi connectivity index (χ1v) is 11.3. The molecule has 0 fully saturated rings. The minimum absolute atomic E-state index is 0.00935. The largest absolute Gasteiger partial charge is 0.497 e. The Morgan fingerprint density at radius 2 is 1.67 bits per heavy atom. The van der Waals surface area contributed by atoms with Crippen molar-refractivity contribution in [2.45, 2.75) is 36.8 Å². The highest BCUT2D eigenvalue weighted by Gasteiger charge is 2.38. The van der Waals surface area contributed by atoms with E-state index in [4.69, 9.17) is 9.15 Å². The number of fused-ring (bicyclic) bond motifs is 1. The fourth-order valence-corrected chi connectivity index (χ4v) is 5.72. The number of hydrogen-bond acceptors (Lipinski definition) is 5. The highest BCUT2D eigenvalue weighted by Crippen LogP contribution is 2.41. The van der Waals surface area contributed by atoms with Gasteiger partial charge in [-0.1, -0.05) is 44.2 Å². The fourth-order valence-electron chi connectivity index (χ4n) is 4.00. The van der Waals surface area contributed by atoms with Gasteiger partial charge in [-0.25, -0.2) is 8.42 Å². The molecule has 0 amide bonds. The molecule has 1 aliphatic carbocycles. The molecule has 1 atom stereocenters. The van der Waals surface area contributed by atoms with E-state index in [2.05, 4.69) is 0 Å². The van der Waals surface area contributed by atoms with Crippen LogP contribution in [0.1, 0.15) is 53.0 Å². The van der Waals surface area contributed by atoms with E-state index in [0.29, 0.717) is 35.5 Å². The molecule has 30 heavy (non-hydrogen) atoms. The van der Waals surface area contributed by atoms with E-state index in [9.17, 15) is 13.2 Å². The zero-order valence-corrected chi connectivity index (χ0v) is 18.0. The van der Waals surface area contributed by atoms with E-state index in [1.807, 2.05) is 19.9 Å². The molecule has 4 rings (SSSR count). The van der Waals surface area contributed by atoms with Crippen LogP contribution in [0, 0.1) is 5.41 Å². The summed E-state index contributed by atoms with van der Waals surface area (Å²) in [6.07, 6.45) is 1.01. The molecule has 0 saturated carbocycles. The van der Waals surface area contributed by atoms with Crippen molar-refractivity contribution in [3.8, 4) is 5.75 Å². The SMILES string of the molecule is COc1ccc(S(=O)(=O)[C@@H](c2ccccc2)c2cc3c(o2)CC(C)(C)CC3=O)cc1. The Morgan fingerprint density at radius 3 is 2.30 bits per heavy atom. The fraction of sp³-hybridized carbons (Fsp3) is 0.292. The van der Waals surface area contributed by atoms with Gasteiger partial charge in [0.05, 0.1) is 17.6 Å². The van der Waals surface area contributed by atoms with E-state index < -0.39 is 15.1 Å². The molecule has 3 aromatic rings. The predicted octanol–water partition coefficient (Wildman–Crippen LogP) is 5.01. The standard InChI is InChI=1S/C24H24O5S/c1-24(2)14-20(25)19-13-21(29-22(19)15-24)23(16-7-5-4-6-8-16)30(26,27)18-11-9-17(28-3)10-12-18/h4-13,23H,14-15H2,1-3H3/t23-/m0/s1. The highest BCUT2D eigenvalue weighted by molar-refractivity contribution is 7.91. The molecule has 0 N–H and O–H groups in total. The first-order valence-electron chi connectivity index (χ1n) is 9.80. The first kappa shape index (κ1) is 20.4. The highest BCUT2D eigenvalue weighted by atomic mass is 32.2. The maximum Gasteiger partial charge on any atom is 0.192 e. The molecule has 2 aromatic carbocycles. The molecule has 0 saturated heterocycles. The van der Waals surface area contributed by atoms with Gasteiger partial charge in [-0.3, -0.25) is 4.79 Å². The van der Waals surface area contributed by atoms with Crippen molar-refractivity contribution in [3.63, 3.8) is 0 Å². The molecule has 1 aliphatic rings. The minimum atomic E-state index is -3.84. The molecule has 1 aromatic heterocycles. The Balaban J connectivity index is 1.86. The second-order valence-electron chi connectivity index (χ2n) is 8.44. The van der Waals surface area contributed by atoms with Crippen LogP contribution in [0.2, 0.25) is 0 Å². The van der Waals surface area contributed by atoms with Gasteiger partial charge in [-0.15, -0.1) is 0 Å². The normalized spacial score (nSPS) is 16.7. The van der Waals surface area contributed by atoms with Crippen LogP contribution in [0.3, 0.4) is 0 Å². The van der Waals surface area contributed by atoms with Gasteiger partial charge in [0.1, 0.15) is 22.5 Å². The number of carbonyl (C=O) groups is 1. The molecule has 0 aliphatic heterocycles. The van der Waals surface area contributed by atoms with Crippen molar-refractivity contribution in [3.05, 3.63) is 83.3 Å². The van der Waals surface area contributed by atoms with Crippen LogP contribution in [0.25, 0.3) is 0 Å². The molecule has 0 radical (unpaired) electrons. The monoisotopic (exact) mass is 424 g/mol. The molecule has 1 heterocycles. The summed E-state index contributed by atoms with van der Waals surface area (Å²) >= 11 is 0. The number of methoxy groups -OCH3 is 1.